The summed E-state index contributed by atoms with van der Waals surface area (Å²) in [5, 5.41) is 21.4. The molecule has 0 aliphatic rings. The first-order valence-electron chi connectivity index (χ1n) is 44.3. The molecule has 5 aromatic rings. The lowest BCUT2D eigenvalue weighted by Gasteiger charge is -2.30. The number of carbonyl (C=O) groups excluding carboxylic acids is 8. The lowest BCUT2D eigenvalue weighted by Crippen LogP contribution is -2.53. The van der Waals surface area contributed by atoms with E-state index in [9.17, 15) is 67.5 Å². The highest BCUT2D eigenvalue weighted by atomic mass is 32.2. The summed E-state index contributed by atoms with van der Waals surface area (Å²) in [6, 6.07) is 38.3. The zero-order chi connectivity index (χ0) is 93.4. The van der Waals surface area contributed by atoms with Gasteiger partial charge in [-0.2, -0.15) is 17.2 Å². The third-order valence-electron chi connectivity index (χ3n) is 21.9. The summed E-state index contributed by atoms with van der Waals surface area (Å²) in [6.45, 7) is 0.877. The minimum Gasteiger partial charge on any atom is -0.481 e. The summed E-state index contributed by atoms with van der Waals surface area (Å²) in [7, 11) is -17.6. The average molecular weight is 1850 g/mol. The molecule has 8 atom stereocenters. The van der Waals surface area contributed by atoms with Gasteiger partial charge in [-0.05, 0) is 175 Å². The molecule has 0 aliphatic heterocycles. The molecule has 17 N–H and O–H groups in total. The molecule has 0 unspecified atom stereocenters. The van der Waals surface area contributed by atoms with E-state index in [2.05, 4.69) is 21.3 Å². The molecule has 706 valence electrons. The molecule has 0 aromatic heterocycles. The van der Waals surface area contributed by atoms with Gasteiger partial charge in [-0.15, -0.1) is 0 Å². The number of carboxylic acid groups (broad SMARTS) is 1. The Morgan fingerprint density at radius 1 is 0.362 bits per heavy atom. The molecule has 5 aromatic carbocycles. The fourth-order valence-corrected chi connectivity index (χ4v) is 21.3. The van der Waals surface area contributed by atoms with Crippen molar-refractivity contribution in [3.63, 3.8) is 0 Å². The monoisotopic (exact) mass is 1840 g/mol. The molecular formula is C91H140N14O18S4. The molecule has 127 heavy (non-hydrogen) atoms. The Kier molecular flexibility index (Phi) is 50.0. The number of nitrogens with one attached hydrogen (secondary N) is 4. The molecule has 0 fully saturated rings. The smallest absolute Gasteiger partial charge is 0.303 e. The summed E-state index contributed by atoms with van der Waals surface area (Å²) in [5.74, 6) is -12.0. The topological polar surface area (TPSA) is 528 Å². The van der Waals surface area contributed by atoms with Crippen LogP contribution in [0.2, 0.25) is 0 Å². The number of benzene rings is 5. The summed E-state index contributed by atoms with van der Waals surface area (Å²) < 4.78 is 120. The number of sulfonamides is 4. The lowest BCUT2D eigenvalue weighted by atomic mass is 9.90. The molecule has 4 amide bonds. The highest BCUT2D eigenvalue weighted by Crippen LogP contribution is 2.27. The van der Waals surface area contributed by atoms with Crippen molar-refractivity contribution >= 4 is 92.8 Å². The van der Waals surface area contributed by atoms with Gasteiger partial charge in [-0.25, -0.2) is 33.7 Å². The van der Waals surface area contributed by atoms with Gasteiger partial charge in [0.25, 0.3) is 0 Å². The van der Waals surface area contributed by atoms with Crippen LogP contribution in [0.15, 0.2) is 152 Å². The number of Topliss-reactive ketones (excluding diaryl/α,β-unsaturated/α-hetero) is 4. The molecule has 5 rings (SSSR count). The van der Waals surface area contributed by atoms with E-state index in [1.54, 1.807) is 140 Å². The first kappa shape index (κ1) is 109. The Balaban J connectivity index is 1.48. The average Bonchev–Trinajstić information content (AvgIpc) is 0.836. The number of hydrogen-bond donors (Lipinski definition) is 11. The van der Waals surface area contributed by atoms with Gasteiger partial charge in [-0.1, -0.05) is 185 Å². The predicted octanol–water partition coefficient (Wildman–Crippen LogP) is 5.25. The third kappa shape index (κ3) is 42.8. The molecule has 32 nitrogen and oxygen atoms in total. The van der Waals surface area contributed by atoms with Crippen molar-refractivity contribution in [3.05, 3.63) is 179 Å². The summed E-state index contributed by atoms with van der Waals surface area (Å²) >= 11 is 0. The fourth-order valence-electron chi connectivity index (χ4n) is 15.6. The number of hydrogen-bond acceptors (Lipinski definition) is 23. The number of ketones is 4. The van der Waals surface area contributed by atoms with Crippen LogP contribution >= 0.6 is 0 Å². The Labute approximate surface area is 752 Å². The SMILES string of the molecule is CC(=O)CN(C[C@@H](CC(=O)[C@H](CCCCN)NC(=O)CN(C[C@H](Cc1ccccc1)NC(=O)[C@H](CCCCN)CC(=O)CN(C[C@@H](CC(=O)[C@H](CCCC(=O)O)NC(=O)CN(C[C@H](CCCCN)NC(=O)[C@H](CCCCN)CC(C)C)S(=O)(=O)Cc1ccccc1)Cc1ccccc1)S(=O)(=O)CCN)S(=O)(=O)CCN)Cc1ccccc1)S(=O)(=O)Cc1ccccc1. The highest BCUT2D eigenvalue weighted by molar-refractivity contribution is 7.89. The molecule has 0 heterocycles. The van der Waals surface area contributed by atoms with Crippen LogP contribution in [0.4, 0.5) is 0 Å². The van der Waals surface area contributed by atoms with Gasteiger partial charge in [0.05, 0.1) is 61.3 Å². The lowest BCUT2D eigenvalue weighted by molar-refractivity contribution is -0.137. The number of amides is 4. The molecule has 0 saturated carbocycles. The summed E-state index contributed by atoms with van der Waals surface area (Å²) in [4.78, 5) is 129. The quantitative estimate of drug-likeness (QED) is 0.0221. The van der Waals surface area contributed by atoms with Gasteiger partial charge in [0.1, 0.15) is 11.6 Å². The zero-order valence-electron chi connectivity index (χ0n) is 74.2. The molecule has 0 bridgehead atoms. The van der Waals surface area contributed by atoms with E-state index in [4.69, 9.17) is 34.4 Å². The van der Waals surface area contributed by atoms with Crippen LogP contribution in [0, 0.1) is 29.6 Å². The van der Waals surface area contributed by atoms with Crippen molar-refractivity contribution in [2.75, 3.05) is 103 Å². The van der Waals surface area contributed by atoms with Crippen LogP contribution in [0.3, 0.4) is 0 Å². The van der Waals surface area contributed by atoms with Crippen LogP contribution in [0.1, 0.15) is 171 Å². The van der Waals surface area contributed by atoms with E-state index in [1.807, 2.05) is 26.0 Å². The van der Waals surface area contributed by atoms with Gasteiger partial charge in [0.2, 0.25) is 63.7 Å². The second-order valence-electron chi connectivity index (χ2n) is 33.5. The standard InChI is InChI=1S/C91H140N14O18S4/c1-69(2)52-78(38-19-23-44-92)90(114)98-80(40-21-25-46-94)62-105(127(122,123)68-75-36-17-8-18-37-75)66-88(111)101-84(42-27-43-89(112)113)86(109)57-77(54-72-30-11-5-12-31-72)61-103(124(116,117)50-48-96)64-82(107)58-79(39-20-24-45-93)91(115)99-81(55-73-32-13-6-14-33-73)63-104(125(118,119)51-49-97)65-87(110)100-83(41-22-26-47-95)85(108)56-76(53-71-28-9-4-10-29-71)60-102(59-70(3)106)126(120,121)67-74-34-15-7-16-35-74/h4-18,28-37,69,76-81,83-84H,19-27,38-68,92-97H2,1-3H3,(H,98,114)(H,99,115)(H,100,110)(H,101,111)(H,112,113)/t76-,77-,78-,79-,80+,81+,83+,84+/m1/s1. The van der Waals surface area contributed by atoms with Crippen molar-refractivity contribution in [2.45, 2.75) is 198 Å². The normalized spacial score (nSPS) is 14.1. The summed E-state index contributed by atoms with van der Waals surface area (Å²) in [6.07, 6.45) is 3.21. The Morgan fingerprint density at radius 3 is 1.11 bits per heavy atom. The maximum absolute atomic E-state index is 15.2. The van der Waals surface area contributed by atoms with Gasteiger partial charge < -0.3 is 60.8 Å². The first-order chi connectivity index (χ1) is 60.5. The minimum absolute atomic E-state index is 0.00377. The second kappa shape index (κ2) is 58.2. The Hall–Kier alpha value is -8.47. The molecule has 0 aliphatic carbocycles. The van der Waals surface area contributed by atoms with E-state index in [-0.39, 0.29) is 102 Å². The number of carboxylic acids is 1. The number of nitrogens with zero attached hydrogens (tertiary/aromatic N) is 4. The third-order valence-corrected chi connectivity index (χ3v) is 29.0. The van der Waals surface area contributed by atoms with Crippen molar-refractivity contribution in [1.29, 1.82) is 0 Å². The Bertz CT molecular complexity index is 4630. The van der Waals surface area contributed by atoms with Crippen molar-refractivity contribution in [2.24, 2.45) is 64.0 Å². The van der Waals surface area contributed by atoms with E-state index in [1.165, 1.54) is 6.92 Å². The Morgan fingerprint density at radius 2 is 0.709 bits per heavy atom. The highest BCUT2D eigenvalue weighted by Gasteiger charge is 2.38. The molecule has 0 spiro atoms. The van der Waals surface area contributed by atoms with Crippen molar-refractivity contribution in [1.82, 2.24) is 38.5 Å². The van der Waals surface area contributed by atoms with Gasteiger partial charge in [0.15, 0.2) is 11.6 Å². The molecule has 36 heteroatoms. The number of unbranched alkanes of at least 4 members (excludes halogenated alkanes) is 4. The maximum atomic E-state index is 15.2. The van der Waals surface area contributed by atoms with Crippen molar-refractivity contribution in [3.8, 4) is 0 Å². The van der Waals surface area contributed by atoms with E-state index >= 15 is 14.4 Å². The molecular weight excluding hydrogens is 1710 g/mol. The minimum atomic E-state index is -4.51. The van der Waals surface area contributed by atoms with E-state index in [0.717, 1.165) is 22.8 Å². The maximum Gasteiger partial charge on any atom is 0.303 e. The van der Waals surface area contributed by atoms with Crippen LogP contribution in [0.25, 0.3) is 0 Å². The van der Waals surface area contributed by atoms with Gasteiger partial charge in [0, 0.05) is 88.9 Å². The van der Waals surface area contributed by atoms with E-state index < -0.39 is 229 Å². The molecule has 0 saturated heterocycles. The molecule has 0 radical (unpaired) electrons. The number of nitrogens with two attached hydrogens (primary N) is 6. The number of aliphatic carboxylic acids is 1. The predicted molar refractivity (Wildman–Crippen MR) is 494 cm³/mol. The fraction of sp³-hybridized carbons (Fsp3) is 0.571. The summed E-state index contributed by atoms with van der Waals surface area (Å²) in [5.41, 5.74) is 38.4. The van der Waals surface area contributed by atoms with Crippen LogP contribution in [0.5, 0.6) is 0 Å². The van der Waals surface area contributed by atoms with Gasteiger partial charge >= 0.3 is 5.97 Å². The zero-order valence-corrected chi connectivity index (χ0v) is 77.5. The van der Waals surface area contributed by atoms with Crippen molar-refractivity contribution < 1.29 is 81.9 Å². The van der Waals surface area contributed by atoms with Gasteiger partial charge in [-0.3, -0.25) is 43.2 Å². The number of carbonyl (C=O) groups is 9. The number of rotatable bonds is 70. The van der Waals surface area contributed by atoms with Crippen LogP contribution in [-0.4, -0.2) is 236 Å². The van der Waals surface area contributed by atoms with E-state index in [0.29, 0.717) is 93.1 Å². The largest absolute Gasteiger partial charge is 0.481 e. The van der Waals surface area contributed by atoms with Crippen LogP contribution in [-0.2, 0) is 114 Å². The van der Waals surface area contributed by atoms with Crippen LogP contribution < -0.4 is 55.7 Å². The second-order valence-corrected chi connectivity index (χ2v) is 41.7. The first-order valence-corrected chi connectivity index (χ1v) is 50.7.